The molecule has 2 rings (SSSR count). The van der Waals surface area contributed by atoms with Crippen LogP contribution in [0.5, 0.6) is 0 Å². The molecule has 1 heterocycles. The van der Waals surface area contributed by atoms with E-state index in [-0.39, 0.29) is 5.78 Å². The number of ketones is 1. The van der Waals surface area contributed by atoms with Gasteiger partial charge in [0.25, 0.3) is 0 Å². The van der Waals surface area contributed by atoms with Crippen LogP contribution in [-0.2, 0) is 6.42 Å². The molecule has 0 saturated carbocycles. The maximum Gasteiger partial charge on any atom is 0.168 e. The van der Waals surface area contributed by atoms with Crippen LogP contribution in [0.4, 0.5) is 0 Å². The fourth-order valence-corrected chi connectivity index (χ4v) is 2.68. The zero-order valence-corrected chi connectivity index (χ0v) is 12.9. The summed E-state index contributed by atoms with van der Waals surface area (Å²) in [7, 11) is 0. The summed E-state index contributed by atoms with van der Waals surface area (Å²) in [5, 5.41) is 0. The first kappa shape index (κ1) is 13.9. The molecule has 0 unspecified atom stereocenters. The number of Topliss-reactive ketones (excluding diaryl/α,β-unsaturated/α-hetero) is 1. The number of benzene rings is 1. The van der Waals surface area contributed by atoms with Crippen LogP contribution in [0.15, 0.2) is 35.1 Å². The molecule has 0 fully saturated rings. The molecular formula is C16H16BrNO. The Labute approximate surface area is 122 Å². The molecule has 1 aromatic heterocycles. The molecule has 1 aromatic carbocycles. The number of hydrogen-bond donors (Lipinski definition) is 0. The number of nitrogens with zero attached hydrogens (tertiary/aromatic N) is 1. The van der Waals surface area contributed by atoms with E-state index in [0.29, 0.717) is 12.0 Å². The van der Waals surface area contributed by atoms with Gasteiger partial charge in [-0.15, -0.1) is 0 Å². The third-order valence-electron chi connectivity index (χ3n) is 3.20. The van der Waals surface area contributed by atoms with Crippen LogP contribution >= 0.6 is 15.9 Å². The van der Waals surface area contributed by atoms with Crippen LogP contribution in [0, 0.1) is 20.8 Å². The highest BCUT2D eigenvalue weighted by Gasteiger charge is 2.12. The van der Waals surface area contributed by atoms with Gasteiger partial charge in [0, 0.05) is 28.9 Å². The van der Waals surface area contributed by atoms with Gasteiger partial charge in [0.1, 0.15) is 0 Å². The standard InChI is InChI=1S/C16H16BrNO/c1-10-4-11(2)15(12(3)5-10)7-16(19)13-6-14(17)9-18-8-13/h4-6,8-9H,7H2,1-3H3. The first-order valence-corrected chi connectivity index (χ1v) is 6.97. The molecule has 0 aliphatic heterocycles. The summed E-state index contributed by atoms with van der Waals surface area (Å²) < 4.78 is 0.829. The normalized spacial score (nSPS) is 10.5. The molecule has 0 atom stereocenters. The molecule has 2 nitrogen and oxygen atoms in total. The Kier molecular flexibility index (Phi) is 4.15. The van der Waals surface area contributed by atoms with Crippen molar-refractivity contribution in [1.29, 1.82) is 0 Å². The quantitative estimate of drug-likeness (QED) is 0.794. The van der Waals surface area contributed by atoms with Crippen molar-refractivity contribution in [1.82, 2.24) is 4.98 Å². The van der Waals surface area contributed by atoms with E-state index in [1.54, 1.807) is 12.4 Å². The average molecular weight is 318 g/mol. The molecule has 0 aliphatic rings. The Balaban J connectivity index is 2.29. The van der Waals surface area contributed by atoms with Gasteiger partial charge in [-0.1, -0.05) is 17.7 Å². The third-order valence-corrected chi connectivity index (χ3v) is 3.64. The van der Waals surface area contributed by atoms with E-state index in [1.807, 2.05) is 6.07 Å². The SMILES string of the molecule is Cc1cc(C)c(CC(=O)c2cncc(Br)c2)c(C)c1. The molecule has 0 amide bonds. The van der Waals surface area contributed by atoms with E-state index in [9.17, 15) is 4.79 Å². The Hall–Kier alpha value is -1.48. The zero-order chi connectivity index (χ0) is 14.0. The predicted octanol–water partition coefficient (Wildman–Crippen LogP) is 4.19. The number of aryl methyl sites for hydroxylation is 3. The lowest BCUT2D eigenvalue weighted by atomic mass is 9.94. The summed E-state index contributed by atoms with van der Waals surface area (Å²) in [6.45, 7) is 6.19. The summed E-state index contributed by atoms with van der Waals surface area (Å²) in [6, 6.07) is 6.05. The Morgan fingerprint density at radius 3 is 2.32 bits per heavy atom. The van der Waals surface area contributed by atoms with Gasteiger partial charge in [0.05, 0.1) is 0 Å². The molecule has 19 heavy (non-hydrogen) atoms. The van der Waals surface area contributed by atoms with Gasteiger partial charge < -0.3 is 0 Å². The highest BCUT2D eigenvalue weighted by atomic mass is 79.9. The van der Waals surface area contributed by atoms with E-state index in [4.69, 9.17) is 0 Å². The maximum absolute atomic E-state index is 12.3. The summed E-state index contributed by atoms with van der Waals surface area (Å²) in [5.74, 6) is 0.101. The van der Waals surface area contributed by atoms with Gasteiger partial charge in [-0.3, -0.25) is 9.78 Å². The number of halogens is 1. The predicted molar refractivity (Wildman–Crippen MR) is 80.6 cm³/mol. The van der Waals surface area contributed by atoms with Crippen LogP contribution in [0.2, 0.25) is 0 Å². The number of carbonyl (C=O) groups excluding carboxylic acids is 1. The van der Waals surface area contributed by atoms with Crippen LogP contribution < -0.4 is 0 Å². The van der Waals surface area contributed by atoms with E-state index in [2.05, 4.69) is 53.8 Å². The van der Waals surface area contributed by atoms with Crippen molar-refractivity contribution in [2.45, 2.75) is 27.2 Å². The topological polar surface area (TPSA) is 30.0 Å². The summed E-state index contributed by atoms with van der Waals surface area (Å²) in [6.07, 6.45) is 3.72. The van der Waals surface area contributed by atoms with Crippen molar-refractivity contribution >= 4 is 21.7 Å². The van der Waals surface area contributed by atoms with E-state index < -0.39 is 0 Å². The third kappa shape index (κ3) is 3.29. The number of hydrogen-bond acceptors (Lipinski definition) is 2. The molecule has 0 bridgehead atoms. The van der Waals surface area contributed by atoms with Gasteiger partial charge >= 0.3 is 0 Å². The first-order chi connectivity index (χ1) is 8.97. The second-order valence-electron chi connectivity index (χ2n) is 4.87. The van der Waals surface area contributed by atoms with Crippen molar-refractivity contribution in [3.8, 4) is 0 Å². The molecule has 0 N–H and O–H groups in total. The summed E-state index contributed by atoms with van der Waals surface area (Å²) >= 11 is 3.34. The lowest BCUT2D eigenvalue weighted by Gasteiger charge is -2.10. The van der Waals surface area contributed by atoms with Crippen molar-refractivity contribution < 1.29 is 4.79 Å². The van der Waals surface area contributed by atoms with Gasteiger partial charge in [-0.25, -0.2) is 0 Å². The summed E-state index contributed by atoms with van der Waals surface area (Å²) in [4.78, 5) is 16.3. The molecule has 0 aliphatic carbocycles. The first-order valence-electron chi connectivity index (χ1n) is 6.18. The van der Waals surface area contributed by atoms with Gasteiger partial charge in [-0.05, 0) is 59.5 Å². The van der Waals surface area contributed by atoms with Crippen molar-refractivity contribution in [2.24, 2.45) is 0 Å². The summed E-state index contributed by atoms with van der Waals surface area (Å²) in [5.41, 5.74) is 5.35. The van der Waals surface area contributed by atoms with E-state index in [1.165, 1.54) is 16.7 Å². The Bertz CT molecular complexity index is 611. The molecule has 0 spiro atoms. The second kappa shape index (κ2) is 5.66. The van der Waals surface area contributed by atoms with Crippen LogP contribution in [0.1, 0.15) is 32.6 Å². The molecule has 98 valence electrons. The van der Waals surface area contributed by atoms with Gasteiger partial charge in [0.15, 0.2) is 5.78 Å². The van der Waals surface area contributed by atoms with Crippen molar-refractivity contribution in [3.05, 3.63) is 62.9 Å². The molecular weight excluding hydrogens is 302 g/mol. The minimum atomic E-state index is 0.101. The fourth-order valence-electron chi connectivity index (χ4n) is 2.32. The molecule has 0 radical (unpaired) electrons. The molecule has 3 heteroatoms. The highest BCUT2D eigenvalue weighted by Crippen LogP contribution is 2.19. The van der Waals surface area contributed by atoms with Crippen LogP contribution in [0.3, 0.4) is 0 Å². The van der Waals surface area contributed by atoms with Crippen molar-refractivity contribution in [2.75, 3.05) is 0 Å². The fraction of sp³-hybridized carbons (Fsp3) is 0.250. The lowest BCUT2D eigenvalue weighted by molar-refractivity contribution is 0.0992. The molecule has 0 saturated heterocycles. The number of pyridine rings is 1. The highest BCUT2D eigenvalue weighted by molar-refractivity contribution is 9.10. The zero-order valence-electron chi connectivity index (χ0n) is 11.3. The van der Waals surface area contributed by atoms with Crippen LogP contribution in [-0.4, -0.2) is 10.8 Å². The average Bonchev–Trinajstić information content (AvgIpc) is 2.33. The van der Waals surface area contributed by atoms with E-state index >= 15 is 0 Å². The minimum Gasteiger partial charge on any atom is -0.294 e. The van der Waals surface area contributed by atoms with E-state index in [0.717, 1.165) is 10.0 Å². The van der Waals surface area contributed by atoms with Crippen LogP contribution in [0.25, 0.3) is 0 Å². The van der Waals surface area contributed by atoms with Gasteiger partial charge in [-0.2, -0.15) is 0 Å². The maximum atomic E-state index is 12.3. The number of carbonyl (C=O) groups is 1. The molecule has 2 aromatic rings. The largest absolute Gasteiger partial charge is 0.294 e. The van der Waals surface area contributed by atoms with Gasteiger partial charge in [0.2, 0.25) is 0 Å². The van der Waals surface area contributed by atoms with Crippen molar-refractivity contribution in [3.63, 3.8) is 0 Å². The number of aromatic nitrogens is 1. The second-order valence-corrected chi connectivity index (χ2v) is 5.78. The Morgan fingerprint density at radius 1 is 1.11 bits per heavy atom. The minimum absolute atomic E-state index is 0.101. The smallest absolute Gasteiger partial charge is 0.168 e. The monoisotopic (exact) mass is 317 g/mol. The lowest BCUT2D eigenvalue weighted by Crippen LogP contribution is -2.07. The Morgan fingerprint density at radius 2 is 1.74 bits per heavy atom. The number of rotatable bonds is 3.